The van der Waals surface area contributed by atoms with Crippen LogP contribution in [-0.2, 0) is 4.74 Å². The van der Waals surface area contributed by atoms with Crippen LogP contribution in [-0.4, -0.2) is 31.2 Å². The maximum Gasteiger partial charge on any atom is 0.0642 e. The van der Waals surface area contributed by atoms with Crippen LogP contribution in [0.1, 0.15) is 33.1 Å². The molecule has 0 unspecified atom stereocenters. The Kier molecular flexibility index (Phi) is 4.91. The molecule has 0 bridgehead atoms. The van der Waals surface area contributed by atoms with Crippen molar-refractivity contribution >= 4 is 0 Å². The third-order valence-corrected chi connectivity index (χ3v) is 2.51. The predicted molar refractivity (Wildman–Crippen MR) is 55.7 cm³/mol. The lowest BCUT2D eigenvalue weighted by molar-refractivity contribution is 0.0536. The van der Waals surface area contributed by atoms with E-state index in [0.29, 0.717) is 0 Å². The molecule has 1 aliphatic heterocycles. The Balaban J connectivity index is 2.27. The first kappa shape index (κ1) is 10.6. The fourth-order valence-corrected chi connectivity index (χ4v) is 1.56. The minimum atomic E-state index is 0.888. The van der Waals surface area contributed by atoms with Crippen molar-refractivity contribution in [2.45, 2.75) is 33.1 Å². The van der Waals surface area contributed by atoms with E-state index >= 15 is 0 Å². The maximum atomic E-state index is 5.31. The third kappa shape index (κ3) is 3.81. The van der Waals surface area contributed by atoms with Crippen LogP contribution in [0.2, 0.25) is 0 Å². The Labute approximate surface area is 81.6 Å². The molecule has 0 aromatic heterocycles. The molecule has 0 spiro atoms. The quantitative estimate of drug-likeness (QED) is 0.621. The van der Waals surface area contributed by atoms with Crippen molar-refractivity contribution in [3.05, 3.63) is 11.8 Å². The highest BCUT2D eigenvalue weighted by Crippen LogP contribution is 2.08. The summed E-state index contributed by atoms with van der Waals surface area (Å²) in [5.41, 5.74) is 1.43. The van der Waals surface area contributed by atoms with Gasteiger partial charge in [-0.05, 0) is 13.3 Å². The number of rotatable bonds is 4. The van der Waals surface area contributed by atoms with Crippen molar-refractivity contribution in [2.75, 3.05) is 26.3 Å². The van der Waals surface area contributed by atoms with Crippen molar-refractivity contribution in [3.8, 4) is 0 Å². The van der Waals surface area contributed by atoms with E-state index in [-0.39, 0.29) is 0 Å². The van der Waals surface area contributed by atoms with E-state index in [2.05, 4.69) is 24.8 Å². The summed E-state index contributed by atoms with van der Waals surface area (Å²) in [6.45, 7) is 8.35. The lowest BCUT2D eigenvalue weighted by Gasteiger charge is -2.29. The average Bonchev–Trinajstić information content (AvgIpc) is 2.19. The van der Waals surface area contributed by atoms with Gasteiger partial charge in [-0.25, -0.2) is 0 Å². The SMILES string of the molecule is CCCCC=C(C)N1CCOCC1. The second-order valence-corrected chi connectivity index (χ2v) is 3.59. The molecule has 0 atom stereocenters. The number of allylic oxidation sites excluding steroid dienone is 2. The second-order valence-electron chi connectivity index (χ2n) is 3.59. The molecule has 0 aromatic rings. The van der Waals surface area contributed by atoms with E-state index in [1.54, 1.807) is 0 Å². The van der Waals surface area contributed by atoms with E-state index < -0.39 is 0 Å². The van der Waals surface area contributed by atoms with Gasteiger partial charge in [0.15, 0.2) is 0 Å². The molecule has 0 radical (unpaired) electrons. The number of hydrogen-bond acceptors (Lipinski definition) is 2. The summed E-state index contributed by atoms with van der Waals surface area (Å²) in [5, 5.41) is 0. The largest absolute Gasteiger partial charge is 0.378 e. The zero-order chi connectivity index (χ0) is 9.52. The van der Waals surface area contributed by atoms with E-state index in [4.69, 9.17) is 4.74 Å². The monoisotopic (exact) mass is 183 g/mol. The molecular formula is C11H21NO. The highest BCUT2D eigenvalue weighted by molar-refractivity contribution is 4.98. The number of ether oxygens (including phenoxy) is 1. The number of unbranched alkanes of at least 4 members (excludes halogenated alkanes) is 2. The average molecular weight is 183 g/mol. The van der Waals surface area contributed by atoms with Crippen LogP contribution in [0.4, 0.5) is 0 Å². The Morgan fingerprint density at radius 3 is 2.69 bits per heavy atom. The Hall–Kier alpha value is -0.500. The fraction of sp³-hybridized carbons (Fsp3) is 0.818. The van der Waals surface area contributed by atoms with Crippen LogP contribution in [0.5, 0.6) is 0 Å². The molecule has 1 rings (SSSR count). The van der Waals surface area contributed by atoms with E-state index in [0.717, 1.165) is 26.3 Å². The molecule has 0 aliphatic carbocycles. The number of nitrogens with zero attached hydrogens (tertiary/aromatic N) is 1. The second kappa shape index (κ2) is 6.03. The third-order valence-electron chi connectivity index (χ3n) is 2.51. The van der Waals surface area contributed by atoms with Gasteiger partial charge in [-0.2, -0.15) is 0 Å². The highest BCUT2D eigenvalue weighted by atomic mass is 16.5. The smallest absolute Gasteiger partial charge is 0.0642 e. The first-order chi connectivity index (χ1) is 6.34. The minimum absolute atomic E-state index is 0.888. The normalized spacial score (nSPS) is 19.2. The van der Waals surface area contributed by atoms with Crippen LogP contribution in [0.15, 0.2) is 11.8 Å². The van der Waals surface area contributed by atoms with Crippen LogP contribution in [0.25, 0.3) is 0 Å². The van der Waals surface area contributed by atoms with E-state index in [1.165, 1.54) is 25.0 Å². The Bertz CT molecular complexity index is 159. The highest BCUT2D eigenvalue weighted by Gasteiger charge is 2.09. The van der Waals surface area contributed by atoms with Crippen molar-refractivity contribution in [2.24, 2.45) is 0 Å². The van der Waals surface area contributed by atoms with Gasteiger partial charge in [-0.1, -0.05) is 25.8 Å². The van der Waals surface area contributed by atoms with Crippen molar-refractivity contribution in [1.29, 1.82) is 0 Å². The molecule has 0 amide bonds. The molecule has 0 aromatic carbocycles. The number of hydrogen-bond donors (Lipinski definition) is 0. The summed E-state index contributed by atoms with van der Waals surface area (Å²) < 4.78 is 5.31. The summed E-state index contributed by atoms with van der Waals surface area (Å²) in [6, 6.07) is 0. The van der Waals surface area contributed by atoms with Gasteiger partial charge in [0.2, 0.25) is 0 Å². The van der Waals surface area contributed by atoms with Gasteiger partial charge in [0.05, 0.1) is 13.2 Å². The molecule has 0 N–H and O–H groups in total. The first-order valence-corrected chi connectivity index (χ1v) is 5.34. The first-order valence-electron chi connectivity index (χ1n) is 5.34. The summed E-state index contributed by atoms with van der Waals surface area (Å²) in [6.07, 6.45) is 6.17. The molecule has 1 heterocycles. The lowest BCUT2D eigenvalue weighted by Crippen LogP contribution is -2.34. The molecule has 2 nitrogen and oxygen atoms in total. The van der Waals surface area contributed by atoms with Gasteiger partial charge in [-0.3, -0.25) is 0 Å². The minimum Gasteiger partial charge on any atom is -0.378 e. The van der Waals surface area contributed by atoms with Gasteiger partial charge in [0.25, 0.3) is 0 Å². The van der Waals surface area contributed by atoms with Crippen LogP contribution >= 0.6 is 0 Å². The molecular weight excluding hydrogens is 162 g/mol. The van der Waals surface area contributed by atoms with Gasteiger partial charge in [-0.15, -0.1) is 0 Å². The van der Waals surface area contributed by atoms with Crippen molar-refractivity contribution < 1.29 is 4.74 Å². The van der Waals surface area contributed by atoms with Crippen molar-refractivity contribution in [3.63, 3.8) is 0 Å². The summed E-state index contributed by atoms with van der Waals surface area (Å²) >= 11 is 0. The standard InChI is InChI=1S/C11H21NO/c1-3-4-5-6-11(2)12-7-9-13-10-8-12/h6H,3-5,7-10H2,1-2H3. The Morgan fingerprint density at radius 1 is 1.38 bits per heavy atom. The molecule has 1 fully saturated rings. The maximum absolute atomic E-state index is 5.31. The Morgan fingerprint density at radius 2 is 2.08 bits per heavy atom. The molecule has 0 saturated carbocycles. The van der Waals surface area contributed by atoms with E-state index in [9.17, 15) is 0 Å². The van der Waals surface area contributed by atoms with Crippen LogP contribution < -0.4 is 0 Å². The zero-order valence-electron chi connectivity index (χ0n) is 8.88. The summed E-state index contributed by atoms with van der Waals surface area (Å²) in [7, 11) is 0. The van der Waals surface area contributed by atoms with Gasteiger partial charge in [0, 0.05) is 18.8 Å². The zero-order valence-corrected chi connectivity index (χ0v) is 8.88. The number of morpholine rings is 1. The topological polar surface area (TPSA) is 12.5 Å². The summed E-state index contributed by atoms with van der Waals surface area (Å²) in [5.74, 6) is 0. The molecule has 1 saturated heterocycles. The van der Waals surface area contributed by atoms with E-state index in [1.807, 2.05) is 0 Å². The van der Waals surface area contributed by atoms with Crippen molar-refractivity contribution in [1.82, 2.24) is 4.90 Å². The molecule has 13 heavy (non-hydrogen) atoms. The van der Waals surface area contributed by atoms with Gasteiger partial charge in [0.1, 0.15) is 0 Å². The fourth-order valence-electron chi connectivity index (χ4n) is 1.56. The predicted octanol–water partition coefficient (Wildman–Crippen LogP) is 2.41. The lowest BCUT2D eigenvalue weighted by atomic mass is 10.2. The molecule has 2 heteroatoms. The summed E-state index contributed by atoms with van der Waals surface area (Å²) in [4.78, 5) is 2.42. The molecule has 76 valence electrons. The van der Waals surface area contributed by atoms with Crippen LogP contribution in [0, 0.1) is 0 Å². The van der Waals surface area contributed by atoms with Gasteiger partial charge >= 0.3 is 0 Å². The van der Waals surface area contributed by atoms with Crippen LogP contribution in [0.3, 0.4) is 0 Å². The van der Waals surface area contributed by atoms with Gasteiger partial charge < -0.3 is 9.64 Å². The molecule has 1 aliphatic rings.